The molecule has 2 rings (SSSR count). The summed E-state index contributed by atoms with van der Waals surface area (Å²) >= 11 is 16.8. The minimum atomic E-state index is -0.193. The highest BCUT2D eigenvalue weighted by Gasteiger charge is 2.27. The number of rotatable bonds is 8. The van der Waals surface area contributed by atoms with E-state index in [9.17, 15) is 4.79 Å². The van der Waals surface area contributed by atoms with Crippen LogP contribution >= 0.6 is 35.8 Å². The summed E-state index contributed by atoms with van der Waals surface area (Å²) in [7, 11) is 0. The number of amides is 1. The van der Waals surface area contributed by atoms with Crippen molar-refractivity contribution in [3.8, 4) is 0 Å². The van der Waals surface area contributed by atoms with Crippen LogP contribution in [0, 0.1) is 11.8 Å². The van der Waals surface area contributed by atoms with Gasteiger partial charge in [-0.25, -0.2) is 0 Å². The van der Waals surface area contributed by atoms with Gasteiger partial charge in [0, 0.05) is 11.8 Å². The first-order valence-corrected chi connectivity index (χ1v) is 10.3. The van der Waals surface area contributed by atoms with E-state index in [1.807, 2.05) is 12.1 Å². The zero-order valence-electron chi connectivity index (χ0n) is 14.9. The van der Waals surface area contributed by atoms with E-state index in [1.165, 1.54) is 12.8 Å². The van der Waals surface area contributed by atoms with Gasteiger partial charge in [0.1, 0.15) is 0 Å². The molecule has 25 heavy (non-hydrogen) atoms. The number of benzene rings is 1. The van der Waals surface area contributed by atoms with Crippen molar-refractivity contribution in [3.05, 3.63) is 33.8 Å². The first kappa shape index (κ1) is 20.9. The Kier molecular flexibility index (Phi) is 8.40. The van der Waals surface area contributed by atoms with Gasteiger partial charge in [0.05, 0.1) is 16.1 Å². The highest BCUT2D eigenvalue weighted by molar-refractivity contribution is 7.80. The van der Waals surface area contributed by atoms with Crippen LogP contribution in [0.15, 0.2) is 18.2 Å². The lowest BCUT2D eigenvalue weighted by atomic mass is 9.97. The molecule has 1 saturated carbocycles. The quantitative estimate of drug-likeness (QED) is 0.550. The third kappa shape index (κ3) is 6.06. The van der Waals surface area contributed by atoms with E-state index in [-0.39, 0.29) is 17.9 Å². The molecule has 1 aliphatic carbocycles. The van der Waals surface area contributed by atoms with Crippen LogP contribution in [0.5, 0.6) is 0 Å². The van der Waals surface area contributed by atoms with Crippen LogP contribution in [0.4, 0.5) is 0 Å². The molecule has 0 radical (unpaired) electrons. The maximum Gasteiger partial charge on any atom is 0.237 e. The van der Waals surface area contributed by atoms with Gasteiger partial charge in [0.15, 0.2) is 0 Å². The lowest BCUT2D eigenvalue weighted by molar-refractivity contribution is -0.124. The highest BCUT2D eigenvalue weighted by atomic mass is 35.5. The summed E-state index contributed by atoms with van der Waals surface area (Å²) in [6.45, 7) is 5.48. The summed E-state index contributed by atoms with van der Waals surface area (Å²) in [4.78, 5) is 12.7. The Hall–Kier alpha value is -0.420. The van der Waals surface area contributed by atoms with Gasteiger partial charge in [-0.05, 0) is 49.3 Å². The number of carbonyl (C=O) groups is 1. The normalized spacial score (nSPS) is 22.6. The molecular weight excluding hydrogens is 375 g/mol. The summed E-state index contributed by atoms with van der Waals surface area (Å²) in [5, 5.41) is 8.01. The van der Waals surface area contributed by atoms with E-state index >= 15 is 0 Å². The van der Waals surface area contributed by atoms with Crippen molar-refractivity contribution in [2.24, 2.45) is 11.8 Å². The molecular formula is C19H28Cl2N2OS. The Morgan fingerprint density at radius 3 is 2.76 bits per heavy atom. The second-order valence-electron chi connectivity index (χ2n) is 7.04. The summed E-state index contributed by atoms with van der Waals surface area (Å²) in [5.74, 6) is 0.901. The molecule has 0 heterocycles. The summed E-state index contributed by atoms with van der Waals surface area (Å²) in [6.07, 6.45) is 4.43. The molecule has 1 aliphatic rings. The van der Waals surface area contributed by atoms with Gasteiger partial charge < -0.3 is 10.6 Å². The number of hydrogen-bond donors (Lipinski definition) is 3. The molecule has 0 bridgehead atoms. The Morgan fingerprint density at radius 1 is 1.36 bits per heavy atom. The second-order valence-corrected chi connectivity index (χ2v) is 8.55. The van der Waals surface area contributed by atoms with Gasteiger partial charge >= 0.3 is 0 Å². The smallest absolute Gasteiger partial charge is 0.237 e. The maximum absolute atomic E-state index is 12.7. The van der Waals surface area contributed by atoms with Gasteiger partial charge in [-0.1, -0.05) is 55.6 Å². The highest BCUT2D eigenvalue weighted by Crippen LogP contribution is 2.29. The molecule has 0 spiro atoms. The fraction of sp³-hybridized carbons (Fsp3) is 0.632. The monoisotopic (exact) mass is 402 g/mol. The Bertz CT molecular complexity index is 585. The van der Waals surface area contributed by atoms with Crippen LogP contribution in [-0.2, 0) is 11.3 Å². The van der Waals surface area contributed by atoms with Crippen molar-refractivity contribution in [2.75, 3.05) is 6.54 Å². The Balaban J connectivity index is 1.92. The standard InChI is InChI=1S/C19H28Cl2N2OS/c1-3-12(2)18(22-10-13-7-8-15(25)9-13)19(24)23-11-14-5-4-6-16(20)17(14)21/h4-6,12-13,15,18,22,25H,3,7-11H2,1-2H3,(H,23,24)/t12-,13-,15+,18-/m0/s1. The number of halogens is 2. The van der Waals surface area contributed by atoms with Crippen molar-refractivity contribution >= 4 is 41.7 Å². The van der Waals surface area contributed by atoms with Gasteiger partial charge in [-0.15, -0.1) is 0 Å². The molecule has 0 saturated heterocycles. The van der Waals surface area contributed by atoms with Gasteiger partial charge in [-0.2, -0.15) is 12.6 Å². The second kappa shape index (κ2) is 10.1. The van der Waals surface area contributed by atoms with E-state index in [0.29, 0.717) is 27.8 Å². The van der Waals surface area contributed by atoms with E-state index in [0.717, 1.165) is 24.9 Å². The molecule has 1 fully saturated rings. The number of thiol groups is 1. The fourth-order valence-corrected chi connectivity index (χ4v) is 4.13. The summed E-state index contributed by atoms with van der Waals surface area (Å²) < 4.78 is 0. The largest absolute Gasteiger partial charge is 0.351 e. The van der Waals surface area contributed by atoms with Gasteiger partial charge in [0.2, 0.25) is 5.91 Å². The molecule has 0 unspecified atom stereocenters. The van der Waals surface area contributed by atoms with Gasteiger partial charge in [0.25, 0.3) is 0 Å². The third-order valence-corrected chi connectivity index (χ3v) is 6.45. The van der Waals surface area contributed by atoms with E-state index in [2.05, 4.69) is 37.1 Å². The SMILES string of the molecule is CC[C@H](C)[C@H](NC[C@H]1CC[C@@H](S)C1)C(=O)NCc1cccc(Cl)c1Cl. The fourth-order valence-electron chi connectivity index (χ4n) is 3.29. The molecule has 3 nitrogen and oxygen atoms in total. The lowest BCUT2D eigenvalue weighted by Gasteiger charge is -2.25. The summed E-state index contributed by atoms with van der Waals surface area (Å²) in [5.41, 5.74) is 0.833. The first-order chi connectivity index (χ1) is 11.9. The van der Waals surface area contributed by atoms with Crippen molar-refractivity contribution in [1.82, 2.24) is 10.6 Å². The number of hydrogen-bond acceptors (Lipinski definition) is 3. The average Bonchev–Trinajstić information content (AvgIpc) is 3.01. The van der Waals surface area contributed by atoms with Gasteiger partial charge in [-0.3, -0.25) is 4.79 Å². The molecule has 4 atom stereocenters. The third-order valence-electron chi connectivity index (χ3n) is 5.12. The van der Waals surface area contributed by atoms with Crippen LogP contribution in [0.25, 0.3) is 0 Å². The van der Waals surface area contributed by atoms with Crippen LogP contribution in [-0.4, -0.2) is 23.7 Å². The van der Waals surface area contributed by atoms with Crippen LogP contribution in [0.3, 0.4) is 0 Å². The minimum Gasteiger partial charge on any atom is -0.351 e. The molecule has 0 aliphatic heterocycles. The zero-order valence-corrected chi connectivity index (χ0v) is 17.3. The van der Waals surface area contributed by atoms with Crippen LogP contribution in [0.2, 0.25) is 10.0 Å². The first-order valence-electron chi connectivity index (χ1n) is 9.04. The molecule has 1 aromatic carbocycles. The minimum absolute atomic E-state index is 0.0193. The number of carbonyl (C=O) groups excluding carboxylic acids is 1. The molecule has 6 heteroatoms. The van der Waals surface area contributed by atoms with Crippen LogP contribution in [0.1, 0.15) is 45.1 Å². The lowest BCUT2D eigenvalue weighted by Crippen LogP contribution is -2.49. The predicted octanol–water partition coefficient (Wildman–Crippen LogP) is 4.71. The van der Waals surface area contributed by atoms with E-state index < -0.39 is 0 Å². The van der Waals surface area contributed by atoms with Crippen LogP contribution < -0.4 is 10.6 Å². The number of nitrogens with one attached hydrogen (secondary N) is 2. The molecule has 0 aromatic heterocycles. The average molecular weight is 403 g/mol. The van der Waals surface area contributed by atoms with E-state index in [1.54, 1.807) is 6.07 Å². The van der Waals surface area contributed by atoms with Crippen molar-refractivity contribution in [3.63, 3.8) is 0 Å². The zero-order chi connectivity index (χ0) is 18.4. The predicted molar refractivity (Wildman–Crippen MR) is 110 cm³/mol. The van der Waals surface area contributed by atoms with Crippen molar-refractivity contribution in [1.29, 1.82) is 0 Å². The Labute approximate surface area is 166 Å². The summed E-state index contributed by atoms with van der Waals surface area (Å²) in [6, 6.07) is 5.27. The Morgan fingerprint density at radius 2 is 2.12 bits per heavy atom. The maximum atomic E-state index is 12.7. The molecule has 140 valence electrons. The topological polar surface area (TPSA) is 41.1 Å². The van der Waals surface area contributed by atoms with Crippen molar-refractivity contribution < 1.29 is 4.79 Å². The molecule has 2 N–H and O–H groups in total. The molecule has 1 amide bonds. The van der Waals surface area contributed by atoms with E-state index in [4.69, 9.17) is 23.2 Å². The van der Waals surface area contributed by atoms with Crippen molar-refractivity contribution in [2.45, 2.75) is 57.4 Å². The molecule has 1 aromatic rings.